The van der Waals surface area contributed by atoms with Gasteiger partial charge in [0.15, 0.2) is 0 Å². The predicted octanol–water partition coefficient (Wildman–Crippen LogP) is 3.36. The first-order chi connectivity index (χ1) is 7.59. The molecule has 0 aliphatic carbocycles. The topological polar surface area (TPSA) is 52.0 Å². The zero-order chi connectivity index (χ0) is 11.7. The maximum absolute atomic E-state index is 5.79. The molecule has 0 spiro atoms. The van der Waals surface area contributed by atoms with Gasteiger partial charge in [0.25, 0.3) is 0 Å². The van der Waals surface area contributed by atoms with Crippen LogP contribution in [0.1, 0.15) is 30.9 Å². The van der Waals surface area contributed by atoms with Crippen LogP contribution in [0.4, 0.5) is 5.88 Å². The zero-order valence-electron chi connectivity index (χ0n) is 9.82. The summed E-state index contributed by atoms with van der Waals surface area (Å²) in [7, 11) is 0. The molecule has 0 unspecified atom stereocenters. The lowest BCUT2D eigenvalue weighted by Crippen LogP contribution is -1.94. The number of anilines is 1. The zero-order valence-corrected chi connectivity index (χ0v) is 9.82. The second-order valence-corrected chi connectivity index (χ2v) is 4.33. The van der Waals surface area contributed by atoms with Gasteiger partial charge in [0.2, 0.25) is 5.88 Å². The van der Waals surface area contributed by atoms with E-state index >= 15 is 0 Å². The Morgan fingerprint density at radius 3 is 2.69 bits per heavy atom. The molecule has 2 rings (SSSR count). The summed E-state index contributed by atoms with van der Waals surface area (Å²) in [6, 6.07) is 8.18. The van der Waals surface area contributed by atoms with Gasteiger partial charge >= 0.3 is 0 Å². The number of rotatable bonds is 2. The van der Waals surface area contributed by atoms with Crippen LogP contribution in [0.5, 0.6) is 0 Å². The van der Waals surface area contributed by atoms with Gasteiger partial charge in [-0.05, 0) is 18.9 Å². The minimum Gasteiger partial charge on any atom is -0.367 e. The van der Waals surface area contributed by atoms with E-state index in [-0.39, 0.29) is 0 Å². The lowest BCUT2D eigenvalue weighted by Gasteiger charge is -2.05. The molecule has 1 aromatic heterocycles. The van der Waals surface area contributed by atoms with E-state index < -0.39 is 0 Å². The molecule has 0 saturated heterocycles. The highest BCUT2D eigenvalue weighted by atomic mass is 16.5. The van der Waals surface area contributed by atoms with Crippen molar-refractivity contribution >= 4 is 5.88 Å². The summed E-state index contributed by atoms with van der Waals surface area (Å²) in [5.41, 5.74) is 9.90. The van der Waals surface area contributed by atoms with Crippen LogP contribution < -0.4 is 5.73 Å². The second-order valence-electron chi connectivity index (χ2n) is 4.33. The lowest BCUT2D eigenvalue weighted by atomic mass is 9.98. The molecule has 0 fully saturated rings. The summed E-state index contributed by atoms with van der Waals surface area (Å²) in [5.74, 6) is 0.730. The standard InChI is InChI=1S/C13H16N2O/c1-8(2)11-12(15-16-13(11)14)10-6-4-5-9(3)7-10/h4-8H,14H2,1-3H3. The van der Waals surface area contributed by atoms with Gasteiger partial charge in [-0.3, -0.25) is 0 Å². The van der Waals surface area contributed by atoms with Gasteiger partial charge in [-0.2, -0.15) is 0 Å². The van der Waals surface area contributed by atoms with Gasteiger partial charge in [-0.1, -0.05) is 42.8 Å². The van der Waals surface area contributed by atoms with E-state index in [2.05, 4.69) is 38.1 Å². The van der Waals surface area contributed by atoms with Crippen LogP contribution >= 0.6 is 0 Å². The molecule has 0 atom stereocenters. The number of nitrogens with zero attached hydrogens (tertiary/aromatic N) is 1. The van der Waals surface area contributed by atoms with Crippen LogP contribution in [-0.4, -0.2) is 5.16 Å². The van der Waals surface area contributed by atoms with E-state index in [4.69, 9.17) is 10.3 Å². The molecule has 0 saturated carbocycles. The highest BCUT2D eigenvalue weighted by Crippen LogP contribution is 2.32. The molecule has 0 radical (unpaired) electrons. The summed E-state index contributed by atoms with van der Waals surface area (Å²) in [6.07, 6.45) is 0. The summed E-state index contributed by atoms with van der Waals surface area (Å²) >= 11 is 0. The molecule has 0 aliphatic rings. The van der Waals surface area contributed by atoms with Crippen molar-refractivity contribution in [1.82, 2.24) is 5.16 Å². The number of nitrogens with two attached hydrogens (primary N) is 1. The summed E-state index contributed by atoms with van der Waals surface area (Å²) in [6.45, 7) is 6.23. The number of benzene rings is 1. The third-order valence-corrected chi connectivity index (χ3v) is 2.62. The average Bonchev–Trinajstić information content (AvgIpc) is 2.60. The molecule has 2 aromatic rings. The van der Waals surface area contributed by atoms with Gasteiger partial charge in [-0.25, -0.2) is 0 Å². The molecule has 3 nitrogen and oxygen atoms in total. The Morgan fingerprint density at radius 1 is 1.31 bits per heavy atom. The van der Waals surface area contributed by atoms with E-state index in [1.54, 1.807) is 0 Å². The molecule has 1 aromatic carbocycles. The normalized spacial score (nSPS) is 11.0. The number of nitrogen functional groups attached to an aromatic ring is 1. The predicted molar refractivity (Wildman–Crippen MR) is 65.2 cm³/mol. The van der Waals surface area contributed by atoms with Gasteiger partial charge in [0.1, 0.15) is 5.69 Å². The van der Waals surface area contributed by atoms with Crippen LogP contribution in [-0.2, 0) is 0 Å². The molecule has 3 heteroatoms. The maximum atomic E-state index is 5.79. The SMILES string of the molecule is Cc1cccc(-c2noc(N)c2C(C)C)c1. The van der Waals surface area contributed by atoms with Crippen molar-refractivity contribution in [3.05, 3.63) is 35.4 Å². The molecule has 0 amide bonds. The molecular weight excluding hydrogens is 200 g/mol. The second kappa shape index (κ2) is 4.00. The Balaban J connectivity index is 2.56. The minimum absolute atomic E-state index is 0.307. The molecular formula is C13H16N2O. The Kier molecular flexibility index (Phi) is 2.69. The maximum Gasteiger partial charge on any atom is 0.226 e. The number of aromatic nitrogens is 1. The summed E-state index contributed by atoms with van der Waals surface area (Å²) in [5, 5.41) is 4.05. The van der Waals surface area contributed by atoms with Crippen molar-refractivity contribution in [3.63, 3.8) is 0 Å². The quantitative estimate of drug-likeness (QED) is 0.837. The van der Waals surface area contributed by atoms with Gasteiger partial charge in [-0.15, -0.1) is 0 Å². The van der Waals surface area contributed by atoms with E-state index in [9.17, 15) is 0 Å². The van der Waals surface area contributed by atoms with Crippen LogP contribution in [0.15, 0.2) is 28.8 Å². The van der Waals surface area contributed by atoms with Gasteiger partial charge < -0.3 is 10.3 Å². The first-order valence-corrected chi connectivity index (χ1v) is 5.41. The van der Waals surface area contributed by atoms with Crippen LogP contribution in [0.2, 0.25) is 0 Å². The molecule has 1 heterocycles. The van der Waals surface area contributed by atoms with Crippen molar-refractivity contribution in [2.75, 3.05) is 5.73 Å². The molecule has 0 bridgehead atoms. The Hall–Kier alpha value is -1.77. The van der Waals surface area contributed by atoms with E-state index in [0.717, 1.165) is 16.8 Å². The van der Waals surface area contributed by atoms with Crippen molar-refractivity contribution in [1.29, 1.82) is 0 Å². The highest BCUT2D eigenvalue weighted by Gasteiger charge is 2.17. The molecule has 16 heavy (non-hydrogen) atoms. The van der Waals surface area contributed by atoms with Crippen molar-refractivity contribution in [3.8, 4) is 11.3 Å². The van der Waals surface area contributed by atoms with E-state index in [1.807, 2.05) is 12.1 Å². The fourth-order valence-electron chi connectivity index (χ4n) is 1.87. The highest BCUT2D eigenvalue weighted by molar-refractivity contribution is 5.68. The number of hydrogen-bond donors (Lipinski definition) is 1. The largest absolute Gasteiger partial charge is 0.367 e. The van der Waals surface area contributed by atoms with Crippen molar-refractivity contribution < 1.29 is 4.52 Å². The minimum atomic E-state index is 0.307. The van der Waals surface area contributed by atoms with Crippen molar-refractivity contribution in [2.45, 2.75) is 26.7 Å². The Morgan fingerprint density at radius 2 is 2.06 bits per heavy atom. The average molecular weight is 216 g/mol. The Bertz CT molecular complexity index is 500. The number of aryl methyl sites for hydroxylation is 1. The van der Waals surface area contributed by atoms with E-state index in [1.165, 1.54) is 5.56 Å². The smallest absolute Gasteiger partial charge is 0.226 e. The summed E-state index contributed by atoms with van der Waals surface area (Å²) in [4.78, 5) is 0. The first-order valence-electron chi connectivity index (χ1n) is 5.41. The number of hydrogen-bond acceptors (Lipinski definition) is 3. The van der Waals surface area contributed by atoms with Crippen LogP contribution in [0, 0.1) is 6.92 Å². The van der Waals surface area contributed by atoms with E-state index in [0.29, 0.717) is 11.8 Å². The molecule has 2 N–H and O–H groups in total. The van der Waals surface area contributed by atoms with Crippen LogP contribution in [0.3, 0.4) is 0 Å². The molecule has 84 valence electrons. The van der Waals surface area contributed by atoms with Crippen LogP contribution in [0.25, 0.3) is 11.3 Å². The molecule has 0 aliphatic heterocycles. The fourth-order valence-corrected chi connectivity index (χ4v) is 1.87. The lowest BCUT2D eigenvalue weighted by molar-refractivity contribution is 0.438. The first kappa shape index (κ1) is 10.7. The third kappa shape index (κ3) is 1.81. The fraction of sp³-hybridized carbons (Fsp3) is 0.308. The third-order valence-electron chi connectivity index (χ3n) is 2.62. The summed E-state index contributed by atoms with van der Waals surface area (Å²) < 4.78 is 5.08. The Labute approximate surface area is 95.3 Å². The monoisotopic (exact) mass is 216 g/mol. The van der Waals surface area contributed by atoms with Gasteiger partial charge in [0.05, 0.1) is 0 Å². The van der Waals surface area contributed by atoms with Gasteiger partial charge in [0, 0.05) is 11.1 Å². The van der Waals surface area contributed by atoms with Crippen molar-refractivity contribution in [2.24, 2.45) is 0 Å².